The molecule has 1 saturated heterocycles. The molecule has 12 heteroatoms. The number of esters is 1. The molecule has 2 aliphatic rings. The van der Waals surface area contributed by atoms with Crippen molar-refractivity contribution >= 4 is 41.0 Å². The first-order valence-corrected chi connectivity index (χ1v) is 18.3. The lowest BCUT2D eigenvalue weighted by Crippen LogP contribution is -2.55. The van der Waals surface area contributed by atoms with Gasteiger partial charge in [0.25, 0.3) is 0 Å². The van der Waals surface area contributed by atoms with Crippen LogP contribution in [0.2, 0.25) is 0 Å². The van der Waals surface area contributed by atoms with Crippen LogP contribution >= 0.6 is 11.3 Å². The average Bonchev–Trinajstić information content (AvgIpc) is 3.83. The quantitative estimate of drug-likeness (QED) is 0.119. The summed E-state index contributed by atoms with van der Waals surface area (Å²) in [6.45, 7) is 2.81. The Morgan fingerprint density at radius 2 is 1.58 bits per heavy atom. The van der Waals surface area contributed by atoms with Gasteiger partial charge in [0.15, 0.2) is 0 Å². The van der Waals surface area contributed by atoms with Gasteiger partial charge in [-0.3, -0.25) is 19.7 Å². The van der Waals surface area contributed by atoms with E-state index in [-0.39, 0.29) is 37.3 Å². The van der Waals surface area contributed by atoms with Crippen LogP contribution in [-0.4, -0.2) is 73.0 Å². The van der Waals surface area contributed by atoms with E-state index in [9.17, 15) is 19.2 Å². The molecule has 2 fully saturated rings. The molecule has 5 rings (SSSR count). The first-order chi connectivity index (χ1) is 24.3. The maximum atomic E-state index is 14.5. The van der Waals surface area contributed by atoms with Gasteiger partial charge in [-0.25, -0.2) is 4.79 Å². The fourth-order valence-electron chi connectivity index (χ4n) is 6.76. The molecule has 2 atom stereocenters. The van der Waals surface area contributed by atoms with E-state index in [1.165, 1.54) is 17.8 Å². The molecule has 11 nitrogen and oxygen atoms in total. The molecule has 1 aliphatic heterocycles. The number of rotatable bonds is 14. The van der Waals surface area contributed by atoms with E-state index in [2.05, 4.69) is 15.6 Å². The van der Waals surface area contributed by atoms with Crippen LogP contribution in [0.4, 0.5) is 4.79 Å². The standard InChI is InChI=1S/C38H47N5O6S/c1-2-48-32(44)24-40-34(33(27-15-8-4-9-16-27)28-17-10-5-11-18-28)37(46)43-22-12-19-30(43)36(45)41-23-29-20-21-31(50-29)35(39)42-38(47)49-25-26-13-6-3-7-14-26/h4-5,8-11,15-18,20-21,26,30,33-34,40H,2-3,6-7,12-14,19,22-25H2,1H3,(H,41,45)(H2,39,42,47)/t30-,34?/m0/s1. The topological polar surface area (TPSA) is 152 Å². The van der Waals surface area contributed by atoms with Crippen molar-refractivity contribution in [2.45, 2.75) is 76.4 Å². The molecule has 2 aromatic carbocycles. The lowest BCUT2D eigenvalue weighted by molar-refractivity contribution is -0.143. The van der Waals surface area contributed by atoms with Gasteiger partial charge in [-0.05, 0) is 61.8 Å². The smallest absolute Gasteiger partial charge is 0.435 e. The van der Waals surface area contributed by atoms with Crippen LogP contribution in [0.15, 0.2) is 77.8 Å². The SMILES string of the molecule is CCOC(=O)CNC(C(=O)N1CCC[C@H]1C(=O)NCc1ccc(C(N)=NC(=O)OCC2CCCCC2)s1)C(c1ccccc1)c1ccccc1. The summed E-state index contributed by atoms with van der Waals surface area (Å²) < 4.78 is 10.5. The monoisotopic (exact) mass is 701 g/mol. The summed E-state index contributed by atoms with van der Waals surface area (Å²) in [5, 5.41) is 6.18. The van der Waals surface area contributed by atoms with Crippen molar-refractivity contribution < 1.29 is 28.7 Å². The highest BCUT2D eigenvalue weighted by Gasteiger charge is 2.41. The zero-order valence-electron chi connectivity index (χ0n) is 28.6. The Bertz CT molecular complexity index is 1570. The highest BCUT2D eigenvalue weighted by molar-refractivity contribution is 7.14. The fourth-order valence-corrected chi connectivity index (χ4v) is 7.61. The molecule has 1 unspecified atom stereocenters. The number of nitrogens with two attached hydrogens (primary N) is 1. The third-order valence-electron chi connectivity index (χ3n) is 9.26. The molecule has 2 heterocycles. The predicted octanol–water partition coefficient (Wildman–Crippen LogP) is 5.13. The molecule has 4 N–H and O–H groups in total. The van der Waals surface area contributed by atoms with Crippen LogP contribution < -0.4 is 16.4 Å². The molecule has 1 aliphatic carbocycles. The van der Waals surface area contributed by atoms with Crippen molar-refractivity contribution in [2.24, 2.45) is 16.6 Å². The van der Waals surface area contributed by atoms with Crippen molar-refractivity contribution in [1.82, 2.24) is 15.5 Å². The molecule has 3 amide bonds. The number of aliphatic imine (C=N–C) groups is 1. The van der Waals surface area contributed by atoms with Gasteiger partial charge in [-0.1, -0.05) is 79.9 Å². The van der Waals surface area contributed by atoms with Gasteiger partial charge in [0.1, 0.15) is 11.9 Å². The van der Waals surface area contributed by atoms with Gasteiger partial charge < -0.3 is 25.4 Å². The number of amides is 3. The summed E-state index contributed by atoms with van der Waals surface area (Å²) in [6, 6.07) is 21.4. The number of hydrogen-bond acceptors (Lipinski definition) is 8. The van der Waals surface area contributed by atoms with Crippen LogP contribution in [0.5, 0.6) is 0 Å². The van der Waals surface area contributed by atoms with Gasteiger partial charge in [-0.2, -0.15) is 4.99 Å². The Morgan fingerprint density at radius 1 is 0.900 bits per heavy atom. The van der Waals surface area contributed by atoms with E-state index in [0.717, 1.165) is 41.7 Å². The Kier molecular flexibility index (Phi) is 13.5. The van der Waals surface area contributed by atoms with Crippen molar-refractivity contribution in [2.75, 3.05) is 26.3 Å². The maximum Gasteiger partial charge on any atom is 0.435 e. The normalized spacial score (nSPS) is 17.4. The van der Waals surface area contributed by atoms with Crippen molar-refractivity contribution in [3.05, 3.63) is 93.7 Å². The molecule has 3 aromatic rings. The van der Waals surface area contributed by atoms with Gasteiger partial charge in [0.05, 0.1) is 37.2 Å². The van der Waals surface area contributed by atoms with E-state index in [1.807, 2.05) is 66.7 Å². The summed E-state index contributed by atoms with van der Waals surface area (Å²) in [4.78, 5) is 59.8. The second-order valence-corrected chi connectivity index (χ2v) is 13.9. The highest BCUT2D eigenvalue weighted by Crippen LogP contribution is 2.31. The summed E-state index contributed by atoms with van der Waals surface area (Å²) in [6.07, 6.45) is 6.17. The first-order valence-electron chi connectivity index (χ1n) is 17.5. The van der Waals surface area contributed by atoms with Crippen molar-refractivity contribution in [3.63, 3.8) is 0 Å². The molecular formula is C38H47N5O6S. The fraction of sp³-hybridized carbons (Fsp3) is 0.447. The molecule has 0 radical (unpaired) electrons. The van der Waals surface area contributed by atoms with E-state index < -0.39 is 30.1 Å². The second-order valence-electron chi connectivity index (χ2n) is 12.7. The molecule has 1 saturated carbocycles. The summed E-state index contributed by atoms with van der Waals surface area (Å²) in [5.41, 5.74) is 7.92. The van der Waals surface area contributed by atoms with Gasteiger partial charge in [0.2, 0.25) is 11.8 Å². The number of hydrogen-bond donors (Lipinski definition) is 3. The van der Waals surface area contributed by atoms with Crippen LogP contribution in [0.1, 0.15) is 78.7 Å². The minimum Gasteiger partial charge on any atom is -0.465 e. The van der Waals surface area contributed by atoms with Crippen molar-refractivity contribution in [3.8, 4) is 0 Å². The number of nitrogens with zero attached hydrogens (tertiary/aromatic N) is 2. The van der Waals surface area contributed by atoms with E-state index in [1.54, 1.807) is 17.9 Å². The first kappa shape index (κ1) is 36.7. The summed E-state index contributed by atoms with van der Waals surface area (Å²) in [5.74, 6) is -0.959. The summed E-state index contributed by atoms with van der Waals surface area (Å²) >= 11 is 1.33. The minimum atomic E-state index is -0.839. The number of likely N-dealkylation sites (tertiary alicyclic amines) is 1. The number of ether oxygens (including phenoxy) is 2. The average molecular weight is 702 g/mol. The zero-order chi connectivity index (χ0) is 35.3. The largest absolute Gasteiger partial charge is 0.465 e. The Morgan fingerprint density at radius 3 is 2.24 bits per heavy atom. The number of carbonyl (C=O) groups is 4. The van der Waals surface area contributed by atoms with Gasteiger partial charge >= 0.3 is 12.1 Å². The molecule has 0 bridgehead atoms. The molecule has 266 valence electrons. The number of nitrogens with one attached hydrogen (secondary N) is 2. The van der Waals surface area contributed by atoms with Crippen LogP contribution in [0.3, 0.4) is 0 Å². The molecule has 0 spiro atoms. The van der Waals surface area contributed by atoms with Gasteiger partial charge in [-0.15, -0.1) is 11.3 Å². The Balaban J connectivity index is 1.25. The molecule has 1 aromatic heterocycles. The highest BCUT2D eigenvalue weighted by atomic mass is 32.1. The number of thiophene rings is 1. The van der Waals surface area contributed by atoms with E-state index >= 15 is 0 Å². The second kappa shape index (κ2) is 18.4. The Labute approximate surface area is 297 Å². The number of carbonyl (C=O) groups excluding carboxylic acids is 4. The predicted molar refractivity (Wildman–Crippen MR) is 193 cm³/mol. The Hall–Kier alpha value is -4.55. The lowest BCUT2D eigenvalue weighted by atomic mass is 9.84. The van der Waals surface area contributed by atoms with Crippen LogP contribution in [-0.2, 0) is 30.4 Å². The maximum absolute atomic E-state index is 14.5. The third kappa shape index (κ3) is 10.0. The van der Waals surface area contributed by atoms with Crippen LogP contribution in [0, 0.1) is 5.92 Å². The molecule has 50 heavy (non-hydrogen) atoms. The zero-order valence-corrected chi connectivity index (χ0v) is 29.4. The van der Waals surface area contributed by atoms with E-state index in [0.29, 0.717) is 36.8 Å². The third-order valence-corrected chi connectivity index (χ3v) is 10.4. The minimum absolute atomic E-state index is 0.0709. The molecular weight excluding hydrogens is 655 g/mol. The number of benzene rings is 2. The summed E-state index contributed by atoms with van der Waals surface area (Å²) in [7, 11) is 0. The lowest BCUT2D eigenvalue weighted by Gasteiger charge is -2.33. The van der Waals surface area contributed by atoms with Crippen molar-refractivity contribution in [1.29, 1.82) is 0 Å². The van der Waals surface area contributed by atoms with Gasteiger partial charge in [0, 0.05) is 17.3 Å². The van der Waals surface area contributed by atoms with Crippen LogP contribution in [0.25, 0.3) is 0 Å². The van der Waals surface area contributed by atoms with E-state index in [4.69, 9.17) is 15.2 Å². The number of amidine groups is 1.